The molecule has 0 amide bonds. The summed E-state index contributed by atoms with van der Waals surface area (Å²) in [5, 5.41) is 3.64. The highest BCUT2D eigenvalue weighted by Crippen LogP contribution is 2.22. The van der Waals surface area contributed by atoms with E-state index in [2.05, 4.69) is 37.4 Å². The zero-order valence-corrected chi connectivity index (χ0v) is 11.3. The standard InChI is InChI=1S/C16H25N/c1-13-8-9-14(2)16(10-13)12-17-11-15-6-4-3-5-7-15/h8-10,15,17H,3-7,11-12H2,1-2H3. The van der Waals surface area contributed by atoms with Crippen LogP contribution in [0, 0.1) is 19.8 Å². The molecule has 0 heterocycles. The van der Waals surface area contributed by atoms with Gasteiger partial charge < -0.3 is 5.32 Å². The van der Waals surface area contributed by atoms with E-state index in [1.807, 2.05) is 0 Å². The molecule has 1 saturated carbocycles. The van der Waals surface area contributed by atoms with E-state index in [9.17, 15) is 0 Å². The van der Waals surface area contributed by atoms with E-state index in [4.69, 9.17) is 0 Å². The summed E-state index contributed by atoms with van der Waals surface area (Å²) in [5.74, 6) is 0.925. The third-order valence-corrected chi connectivity index (χ3v) is 3.98. The zero-order valence-electron chi connectivity index (χ0n) is 11.3. The fraction of sp³-hybridized carbons (Fsp3) is 0.625. The topological polar surface area (TPSA) is 12.0 Å². The van der Waals surface area contributed by atoms with E-state index in [-0.39, 0.29) is 0 Å². The van der Waals surface area contributed by atoms with Crippen molar-refractivity contribution in [1.29, 1.82) is 0 Å². The average Bonchev–Trinajstić information content (AvgIpc) is 2.35. The van der Waals surface area contributed by atoms with Crippen LogP contribution in [0.5, 0.6) is 0 Å². The van der Waals surface area contributed by atoms with Crippen LogP contribution in [0.1, 0.15) is 48.8 Å². The third kappa shape index (κ3) is 3.85. The van der Waals surface area contributed by atoms with Crippen molar-refractivity contribution in [3.8, 4) is 0 Å². The molecule has 2 rings (SSSR count). The molecule has 0 radical (unpaired) electrons. The van der Waals surface area contributed by atoms with Gasteiger partial charge in [0.1, 0.15) is 0 Å². The zero-order chi connectivity index (χ0) is 12.1. The Balaban J connectivity index is 1.79. The Bertz CT molecular complexity index is 351. The van der Waals surface area contributed by atoms with Crippen molar-refractivity contribution < 1.29 is 0 Å². The molecule has 1 aliphatic carbocycles. The normalized spacial score (nSPS) is 17.3. The summed E-state index contributed by atoms with van der Waals surface area (Å²) in [4.78, 5) is 0. The monoisotopic (exact) mass is 231 g/mol. The van der Waals surface area contributed by atoms with Crippen LogP contribution in [0.4, 0.5) is 0 Å². The first-order valence-corrected chi connectivity index (χ1v) is 7.02. The summed E-state index contributed by atoms with van der Waals surface area (Å²) in [6, 6.07) is 6.73. The second-order valence-electron chi connectivity index (χ2n) is 5.56. The Hall–Kier alpha value is -0.820. The Morgan fingerprint density at radius 2 is 1.88 bits per heavy atom. The fourth-order valence-corrected chi connectivity index (χ4v) is 2.79. The maximum atomic E-state index is 3.64. The van der Waals surface area contributed by atoms with Crippen molar-refractivity contribution in [2.75, 3.05) is 6.54 Å². The minimum atomic E-state index is 0.925. The molecule has 0 atom stereocenters. The molecule has 0 aromatic heterocycles. The van der Waals surface area contributed by atoms with Crippen LogP contribution < -0.4 is 5.32 Å². The third-order valence-electron chi connectivity index (χ3n) is 3.98. The first-order chi connectivity index (χ1) is 8.25. The van der Waals surface area contributed by atoms with Crippen LogP contribution in [-0.4, -0.2) is 6.54 Å². The van der Waals surface area contributed by atoms with E-state index in [1.165, 1.54) is 55.3 Å². The quantitative estimate of drug-likeness (QED) is 0.826. The highest BCUT2D eigenvalue weighted by molar-refractivity contribution is 5.30. The van der Waals surface area contributed by atoms with Gasteiger partial charge >= 0.3 is 0 Å². The van der Waals surface area contributed by atoms with Crippen LogP contribution in [0.3, 0.4) is 0 Å². The molecule has 1 aliphatic rings. The molecule has 1 aromatic rings. The van der Waals surface area contributed by atoms with Gasteiger partial charge in [0.05, 0.1) is 0 Å². The molecular weight excluding hydrogens is 206 g/mol. The van der Waals surface area contributed by atoms with E-state index < -0.39 is 0 Å². The lowest BCUT2D eigenvalue weighted by Gasteiger charge is -2.22. The Morgan fingerprint density at radius 1 is 1.12 bits per heavy atom. The molecule has 0 spiro atoms. The second-order valence-corrected chi connectivity index (χ2v) is 5.56. The summed E-state index contributed by atoms with van der Waals surface area (Å²) in [7, 11) is 0. The molecule has 0 bridgehead atoms. The van der Waals surface area contributed by atoms with Crippen molar-refractivity contribution >= 4 is 0 Å². The summed E-state index contributed by atoms with van der Waals surface area (Å²) < 4.78 is 0. The van der Waals surface area contributed by atoms with Crippen molar-refractivity contribution in [2.45, 2.75) is 52.5 Å². The number of hydrogen-bond donors (Lipinski definition) is 1. The average molecular weight is 231 g/mol. The van der Waals surface area contributed by atoms with Gasteiger partial charge in [-0.05, 0) is 50.3 Å². The summed E-state index contributed by atoms with van der Waals surface area (Å²) in [5.41, 5.74) is 4.23. The van der Waals surface area contributed by atoms with E-state index >= 15 is 0 Å². The van der Waals surface area contributed by atoms with E-state index in [1.54, 1.807) is 0 Å². The van der Waals surface area contributed by atoms with Gasteiger partial charge in [-0.2, -0.15) is 0 Å². The van der Waals surface area contributed by atoms with Gasteiger partial charge in [-0.1, -0.05) is 43.0 Å². The maximum absolute atomic E-state index is 3.64. The summed E-state index contributed by atoms with van der Waals surface area (Å²) >= 11 is 0. The summed E-state index contributed by atoms with van der Waals surface area (Å²) in [6.45, 7) is 6.61. The van der Waals surface area contributed by atoms with Crippen molar-refractivity contribution in [3.63, 3.8) is 0 Å². The molecule has 1 aromatic carbocycles. The number of aryl methyl sites for hydroxylation is 2. The van der Waals surface area contributed by atoms with Gasteiger partial charge in [0.15, 0.2) is 0 Å². The van der Waals surface area contributed by atoms with E-state index in [0.717, 1.165) is 12.5 Å². The minimum absolute atomic E-state index is 0.925. The summed E-state index contributed by atoms with van der Waals surface area (Å²) in [6.07, 6.45) is 7.19. The van der Waals surface area contributed by atoms with E-state index in [0.29, 0.717) is 0 Å². The molecule has 1 fully saturated rings. The molecule has 1 nitrogen and oxygen atoms in total. The number of hydrogen-bond acceptors (Lipinski definition) is 1. The van der Waals surface area contributed by atoms with Gasteiger partial charge in [-0.25, -0.2) is 0 Å². The first-order valence-electron chi connectivity index (χ1n) is 7.02. The van der Waals surface area contributed by atoms with Crippen molar-refractivity contribution in [1.82, 2.24) is 5.32 Å². The number of rotatable bonds is 4. The largest absolute Gasteiger partial charge is 0.312 e. The van der Waals surface area contributed by atoms with Crippen LogP contribution >= 0.6 is 0 Å². The molecule has 17 heavy (non-hydrogen) atoms. The van der Waals surface area contributed by atoms with Crippen LogP contribution in [-0.2, 0) is 6.54 Å². The molecule has 94 valence electrons. The van der Waals surface area contributed by atoms with Gasteiger partial charge in [0, 0.05) is 6.54 Å². The Kier molecular flexibility index (Phi) is 4.61. The highest BCUT2D eigenvalue weighted by atomic mass is 14.9. The highest BCUT2D eigenvalue weighted by Gasteiger charge is 2.12. The van der Waals surface area contributed by atoms with Crippen molar-refractivity contribution in [2.24, 2.45) is 5.92 Å². The second kappa shape index (κ2) is 6.20. The number of nitrogens with one attached hydrogen (secondary N) is 1. The molecule has 0 unspecified atom stereocenters. The lowest BCUT2D eigenvalue weighted by Crippen LogP contribution is -2.24. The molecule has 0 aliphatic heterocycles. The van der Waals surface area contributed by atoms with Gasteiger partial charge in [0.2, 0.25) is 0 Å². The molecule has 0 saturated heterocycles. The molecular formula is C16H25N. The SMILES string of the molecule is Cc1ccc(C)c(CNCC2CCCCC2)c1. The Morgan fingerprint density at radius 3 is 2.65 bits per heavy atom. The molecule has 1 heteroatoms. The van der Waals surface area contributed by atoms with Gasteiger partial charge in [0.25, 0.3) is 0 Å². The first kappa shape index (κ1) is 12.6. The van der Waals surface area contributed by atoms with Gasteiger partial charge in [-0.15, -0.1) is 0 Å². The number of benzene rings is 1. The predicted molar refractivity (Wildman–Crippen MR) is 74.2 cm³/mol. The van der Waals surface area contributed by atoms with Crippen LogP contribution in [0.15, 0.2) is 18.2 Å². The lowest BCUT2D eigenvalue weighted by molar-refractivity contribution is 0.342. The van der Waals surface area contributed by atoms with Crippen LogP contribution in [0.2, 0.25) is 0 Å². The van der Waals surface area contributed by atoms with Crippen molar-refractivity contribution in [3.05, 3.63) is 34.9 Å². The molecule has 1 N–H and O–H groups in total. The lowest BCUT2D eigenvalue weighted by atomic mass is 9.89. The minimum Gasteiger partial charge on any atom is -0.312 e. The van der Waals surface area contributed by atoms with Crippen LogP contribution in [0.25, 0.3) is 0 Å². The maximum Gasteiger partial charge on any atom is 0.0208 e. The Labute approximate surface area is 106 Å². The van der Waals surface area contributed by atoms with Gasteiger partial charge in [-0.3, -0.25) is 0 Å². The smallest absolute Gasteiger partial charge is 0.0208 e. The predicted octanol–water partition coefficient (Wildman–Crippen LogP) is 3.97. The fourth-order valence-electron chi connectivity index (χ4n) is 2.79.